The van der Waals surface area contributed by atoms with E-state index in [1.807, 2.05) is 24.3 Å². The van der Waals surface area contributed by atoms with Crippen LogP contribution in [0.4, 0.5) is 0 Å². The van der Waals surface area contributed by atoms with Gasteiger partial charge in [-0.3, -0.25) is 5.41 Å². The Morgan fingerprint density at radius 1 is 1.28 bits per heavy atom. The highest BCUT2D eigenvalue weighted by Gasteiger charge is 2.10. The number of fused-ring (bicyclic) bond motifs is 1. The predicted octanol–water partition coefficient (Wildman–Crippen LogP) is 4.16. The highest BCUT2D eigenvalue weighted by molar-refractivity contribution is 14.1. The molecule has 0 spiro atoms. The number of esters is 1. The first-order valence-electron chi connectivity index (χ1n) is 7.35. The number of hydrogen-bond acceptors (Lipinski definition) is 5. The SMILES string of the molecule is COC(=O)c1cccc(COc2cc(I)c3cc(C(=N)N)sc3c2)c1. The number of benzene rings is 2. The van der Waals surface area contributed by atoms with E-state index in [9.17, 15) is 4.79 Å². The number of amidine groups is 1. The molecule has 2 aromatic carbocycles. The third-order valence-electron chi connectivity index (χ3n) is 3.58. The van der Waals surface area contributed by atoms with E-state index in [2.05, 4.69) is 22.6 Å². The van der Waals surface area contributed by atoms with E-state index >= 15 is 0 Å². The van der Waals surface area contributed by atoms with Crippen molar-refractivity contribution in [3.8, 4) is 5.75 Å². The number of ether oxygens (including phenoxy) is 2. The van der Waals surface area contributed by atoms with Gasteiger partial charge in [-0.15, -0.1) is 11.3 Å². The molecule has 3 rings (SSSR count). The minimum Gasteiger partial charge on any atom is -0.489 e. The first-order chi connectivity index (χ1) is 12.0. The second kappa shape index (κ2) is 7.40. The summed E-state index contributed by atoms with van der Waals surface area (Å²) in [5, 5.41) is 8.64. The second-order valence-electron chi connectivity index (χ2n) is 5.32. The number of nitrogen functional groups attached to an aromatic ring is 1. The fraction of sp³-hybridized carbons (Fsp3) is 0.111. The number of hydrogen-bond donors (Lipinski definition) is 2. The van der Waals surface area contributed by atoms with Crippen LogP contribution in [0.3, 0.4) is 0 Å². The summed E-state index contributed by atoms with van der Waals surface area (Å²) in [5.41, 5.74) is 6.95. The Hall–Kier alpha value is -2.13. The lowest BCUT2D eigenvalue weighted by Crippen LogP contribution is -2.08. The van der Waals surface area contributed by atoms with Crippen LogP contribution in [0, 0.1) is 8.98 Å². The van der Waals surface area contributed by atoms with Crippen molar-refractivity contribution < 1.29 is 14.3 Å². The van der Waals surface area contributed by atoms with Crippen molar-refractivity contribution in [3.05, 3.63) is 62.0 Å². The van der Waals surface area contributed by atoms with Crippen molar-refractivity contribution in [3.63, 3.8) is 0 Å². The standard InChI is InChI=1S/C18H15IN2O3S/c1-23-18(22)11-4-2-3-10(5-11)9-24-12-6-14(19)13-8-16(17(20)21)25-15(13)7-12/h2-8H,9H2,1H3,(H3,20,21). The normalized spacial score (nSPS) is 10.6. The van der Waals surface area contributed by atoms with Gasteiger partial charge in [-0.25, -0.2) is 4.79 Å². The molecule has 0 saturated carbocycles. The van der Waals surface area contributed by atoms with Crippen molar-refractivity contribution in [1.29, 1.82) is 5.41 Å². The van der Waals surface area contributed by atoms with E-state index in [4.69, 9.17) is 20.6 Å². The summed E-state index contributed by atoms with van der Waals surface area (Å²) >= 11 is 3.72. The van der Waals surface area contributed by atoms with E-state index < -0.39 is 0 Å². The summed E-state index contributed by atoms with van der Waals surface area (Å²) in [5.74, 6) is 0.435. The Kier molecular flexibility index (Phi) is 5.24. The molecule has 0 fully saturated rings. The van der Waals surface area contributed by atoms with E-state index in [0.717, 1.165) is 29.8 Å². The quantitative estimate of drug-likeness (QED) is 0.256. The van der Waals surface area contributed by atoms with E-state index in [1.165, 1.54) is 18.4 Å². The van der Waals surface area contributed by atoms with Crippen molar-refractivity contribution in [1.82, 2.24) is 0 Å². The van der Waals surface area contributed by atoms with Crippen LogP contribution in [-0.2, 0) is 11.3 Å². The molecule has 0 radical (unpaired) electrons. The zero-order chi connectivity index (χ0) is 18.0. The molecule has 3 aromatic rings. The molecule has 128 valence electrons. The van der Waals surface area contributed by atoms with Gasteiger partial charge in [0.1, 0.15) is 18.2 Å². The molecule has 0 amide bonds. The lowest BCUT2D eigenvalue weighted by molar-refractivity contribution is 0.0600. The lowest BCUT2D eigenvalue weighted by atomic mass is 10.1. The van der Waals surface area contributed by atoms with Crippen LogP contribution in [0.5, 0.6) is 5.75 Å². The fourth-order valence-electron chi connectivity index (χ4n) is 2.36. The molecule has 0 aliphatic heterocycles. The monoisotopic (exact) mass is 466 g/mol. The van der Waals surface area contributed by atoms with Crippen molar-refractivity contribution in [2.75, 3.05) is 7.11 Å². The topological polar surface area (TPSA) is 85.4 Å². The number of halogens is 1. The van der Waals surface area contributed by atoms with Gasteiger partial charge in [0, 0.05) is 13.7 Å². The molecule has 1 aromatic heterocycles. The van der Waals surface area contributed by atoms with Gasteiger partial charge in [0.2, 0.25) is 0 Å². The maximum absolute atomic E-state index is 11.6. The van der Waals surface area contributed by atoms with Crippen LogP contribution in [0.1, 0.15) is 20.8 Å². The first kappa shape index (κ1) is 17.7. The van der Waals surface area contributed by atoms with Gasteiger partial charge < -0.3 is 15.2 Å². The maximum atomic E-state index is 11.6. The molecule has 7 heteroatoms. The van der Waals surface area contributed by atoms with Gasteiger partial charge in [0.25, 0.3) is 0 Å². The minimum absolute atomic E-state index is 0.0686. The summed E-state index contributed by atoms with van der Waals surface area (Å²) in [6.45, 7) is 0.345. The molecule has 0 aliphatic rings. The smallest absolute Gasteiger partial charge is 0.337 e. The molecule has 1 heterocycles. The molecule has 3 N–H and O–H groups in total. The third kappa shape index (κ3) is 3.93. The molecule has 0 saturated heterocycles. The van der Waals surface area contributed by atoms with Crippen LogP contribution in [0.25, 0.3) is 10.1 Å². The molecule has 0 unspecified atom stereocenters. The average Bonchev–Trinajstić information content (AvgIpc) is 3.04. The number of nitrogens with two attached hydrogens (primary N) is 1. The molecule has 0 aliphatic carbocycles. The van der Waals surface area contributed by atoms with Crippen molar-refractivity contribution in [2.24, 2.45) is 5.73 Å². The van der Waals surface area contributed by atoms with Gasteiger partial charge in [0.15, 0.2) is 0 Å². The van der Waals surface area contributed by atoms with Crippen molar-refractivity contribution >= 4 is 55.8 Å². The number of nitrogens with one attached hydrogen (secondary N) is 1. The molecular formula is C18H15IN2O3S. The zero-order valence-corrected chi connectivity index (χ0v) is 16.3. The summed E-state index contributed by atoms with van der Waals surface area (Å²) in [7, 11) is 1.36. The first-order valence-corrected chi connectivity index (χ1v) is 9.25. The molecular weight excluding hydrogens is 451 g/mol. The molecule has 25 heavy (non-hydrogen) atoms. The predicted molar refractivity (Wildman–Crippen MR) is 108 cm³/mol. The van der Waals surface area contributed by atoms with E-state index in [-0.39, 0.29) is 11.8 Å². The fourth-order valence-corrected chi connectivity index (χ4v) is 4.27. The van der Waals surface area contributed by atoms with Gasteiger partial charge in [-0.1, -0.05) is 12.1 Å². The maximum Gasteiger partial charge on any atom is 0.337 e. The average molecular weight is 466 g/mol. The van der Waals surface area contributed by atoms with Crippen LogP contribution in [0.15, 0.2) is 42.5 Å². The van der Waals surface area contributed by atoms with Gasteiger partial charge in [-0.05, 0) is 58.5 Å². The van der Waals surface area contributed by atoms with E-state index in [0.29, 0.717) is 12.2 Å². The summed E-state index contributed by atoms with van der Waals surface area (Å²) in [4.78, 5) is 12.3. The van der Waals surface area contributed by atoms with Crippen LogP contribution >= 0.6 is 33.9 Å². The Morgan fingerprint density at radius 3 is 2.80 bits per heavy atom. The highest BCUT2D eigenvalue weighted by Crippen LogP contribution is 2.33. The zero-order valence-electron chi connectivity index (χ0n) is 13.3. The number of carbonyl (C=O) groups is 1. The lowest BCUT2D eigenvalue weighted by Gasteiger charge is -2.08. The van der Waals surface area contributed by atoms with Crippen molar-refractivity contribution in [2.45, 2.75) is 6.61 Å². The van der Waals surface area contributed by atoms with Gasteiger partial charge in [0.05, 0.1) is 17.6 Å². The van der Waals surface area contributed by atoms with Crippen LogP contribution < -0.4 is 10.5 Å². The number of thiophene rings is 1. The van der Waals surface area contributed by atoms with Crippen LogP contribution in [0.2, 0.25) is 0 Å². The largest absolute Gasteiger partial charge is 0.489 e. The summed E-state index contributed by atoms with van der Waals surface area (Å²) in [6, 6.07) is 13.0. The third-order valence-corrected chi connectivity index (χ3v) is 5.59. The second-order valence-corrected chi connectivity index (χ2v) is 7.57. The van der Waals surface area contributed by atoms with Gasteiger partial charge in [-0.2, -0.15) is 0 Å². The Labute approximate surface area is 162 Å². The molecule has 0 bridgehead atoms. The minimum atomic E-state index is -0.367. The highest BCUT2D eigenvalue weighted by atomic mass is 127. The Bertz CT molecular complexity index is 968. The molecule has 5 nitrogen and oxygen atoms in total. The number of methoxy groups -OCH3 is 1. The Morgan fingerprint density at radius 2 is 2.08 bits per heavy atom. The summed E-state index contributed by atoms with van der Waals surface area (Å²) < 4.78 is 12.7. The molecule has 0 atom stereocenters. The van der Waals surface area contributed by atoms with E-state index in [1.54, 1.807) is 18.2 Å². The van der Waals surface area contributed by atoms with Gasteiger partial charge >= 0.3 is 5.97 Å². The summed E-state index contributed by atoms with van der Waals surface area (Å²) in [6.07, 6.45) is 0. The Balaban J connectivity index is 1.81. The number of rotatable bonds is 5. The number of carbonyl (C=O) groups excluding carboxylic acids is 1. The van der Waals surface area contributed by atoms with Crippen LogP contribution in [-0.4, -0.2) is 18.9 Å².